The highest BCUT2D eigenvalue weighted by Gasteiger charge is 2.12. The van der Waals surface area contributed by atoms with Crippen molar-refractivity contribution in [2.75, 3.05) is 18.9 Å². The first-order chi connectivity index (χ1) is 9.45. The summed E-state index contributed by atoms with van der Waals surface area (Å²) in [6.45, 7) is 7.62. The Morgan fingerprint density at radius 1 is 1.20 bits per heavy atom. The van der Waals surface area contributed by atoms with E-state index in [2.05, 4.69) is 19.2 Å². The average Bonchev–Trinajstić information content (AvgIpc) is 2.38. The molecular weight excluding hydrogens is 274 g/mol. The van der Waals surface area contributed by atoms with Crippen molar-refractivity contribution in [2.45, 2.75) is 44.6 Å². The van der Waals surface area contributed by atoms with Crippen LogP contribution < -0.4 is 10.1 Å². The zero-order valence-corrected chi connectivity index (χ0v) is 13.4. The van der Waals surface area contributed by atoms with E-state index >= 15 is 0 Å². The van der Waals surface area contributed by atoms with Gasteiger partial charge in [0.05, 0.1) is 17.3 Å². The summed E-state index contributed by atoms with van der Waals surface area (Å²) in [4.78, 5) is 0.369. The second-order valence-electron chi connectivity index (χ2n) is 5.10. The Morgan fingerprint density at radius 2 is 1.85 bits per heavy atom. The van der Waals surface area contributed by atoms with Crippen LogP contribution in [0.4, 0.5) is 0 Å². The monoisotopic (exact) mass is 299 g/mol. The molecule has 4 nitrogen and oxygen atoms in total. The summed E-state index contributed by atoms with van der Waals surface area (Å²) in [6.07, 6.45) is 1.55. The predicted octanol–water partition coefficient (Wildman–Crippen LogP) is 2.64. The van der Waals surface area contributed by atoms with Gasteiger partial charge in [0.2, 0.25) is 0 Å². The first-order valence-electron chi connectivity index (χ1n) is 7.14. The van der Waals surface area contributed by atoms with E-state index < -0.39 is 9.84 Å². The van der Waals surface area contributed by atoms with Gasteiger partial charge in [0.15, 0.2) is 9.84 Å². The van der Waals surface area contributed by atoms with Crippen molar-refractivity contribution in [2.24, 2.45) is 0 Å². The molecule has 0 unspecified atom stereocenters. The summed E-state index contributed by atoms with van der Waals surface area (Å²) in [7, 11) is -3.13. The maximum Gasteiger partial charge on any atom is 0.178 e. The van der Waals surface area contributed by atoms with Crippen LogP contribution in [0.25, 0.3) is 0 Å². The molecule has 0 amide bonds. The lowest BCUT2D eigenvalue weighted by Gasteiger charge is -2.09. The van der Waals surface area contributed by atoms with Gasteiger partial charge < -0.3 is 10.1 Å². The molecule has 1 aromatic rings. The lowest BCUT2D eigenvalue weighted by atomic mass is 10.3. The topological polar surface area (TPSA) is 55.4 Å². The van der Waals surface area contributed by atoms with Crippen molar-refractivity contribution in [3.05, 3.63) is 24.3 Å². The van der Waals surface area contributed by atoms with Crippen LogP contribution in [-0.2, 0) is 9.84 Å². The van der Waals surface area contributed by atoms with Gasteiger partial charge in [-0.2, -0.15) is 0 Å². The molecule has 0 saturated heterocycles. The maximum atomic E-state index is 11.9. The summed E-state index contributed by atoms with van der Waals surface area (Å²) < 4.78 is 29.3. The van der Waals surface area contributed by atoms with Gasteiger partial charge in [0.1, 0.15) is 5.75 Å². The third-order valence-corrected chi connectivity index (χ3v) is 4.73. The molecule has 1 N–H and O–H groups in total. The molecule has 0 aromatic heterocycles. The van der Waals surface area contributed by atoms with Crippen LogP contribution in [-0.4, -0.2) is 33.4 Å². The number of ether oxygens (including phenoxy) is 1. The van der Waals surface area contributed by atoms with E-state index in [1.165, 1.54) is 0 Å². The summed E-state index contributed by atoms with van der Waals surface area (Å²) in [5.74, 6) is 0.902. The normalized spacial score (nSPS) is 11.8. The van der Waals surface area contributed by atoms with Crippen LogP contribution >= 0.6 is 0 Å². The molecule has 0 heterocycles. The molecule has 0 spiro atoms. The first kappa shape index (κ1) is 17.0. The first-order valence-corrected chi connectivity index (χ1v) is 8.80. The van der Waals surface area contributed by atoms with Crippen LogP contribution in [0.5, 0.6) is 5.75 Å². The molecule has 0 aliphatic rings. The molecule has 114 valence electrons. The summed E-state index contributed by atoms with van der Waals surface area (Å²) in [6, 6.07) is 7.16. The van der Waals surface area contributed by atoms with Crippen LogP contribution in [0.2, 0.25) is 0 Å². The fourth-order valence-corrected chi connectivity index (χ4v) is 3.11. The van der Waals surface area contributed by atoms with Crippen LogP contribution in [0, 0.1) is 0 Å². The predicted molar refractivity (Wildman–Crippen MR) is 82.0 cm³/mol. The Morgan fingerprint density at radius 3 is 2.40 bits per heavy atom. The second-order valence-corrected chi connectivity index (χ2v) is 7.21. The van der Waals surface area contributed by atoms with Crippen molar-refractivity contribution in [1.29, 1.82) is 0 Å². The number of hydrogen-bond donors (Lipinski definition) is 1. The van der Waals surface area contributed by atoms with Gasteiger partial charge in [-0.1, -0.05) is 20.8 Å². The Hall–Kier alpha value is -1.07. The largest absolute Gasteiger partial charge is 0.494 e. The molecule has 0 aliphatic carbocycles. The molecule has 0 atom stereocenters. The maximum absolute atomic E-state index is 11.9. The van der Waals surface area contributed by atoms with E-state index in [0.717, 1.165) is 13.0 Å². The molecule has 0 bridgehead atoms. The summed E-state index contributed by atoms with van der Waals surface area (Å²) in [5.41, 5.74) is 0. The highest BCUT2D eigenvalue weighted by molar-refractivity contribution is 7.91. The standard InChI is InChI=1S/C15H25NO3S/c1-4-12-20(17,18)15-8-6-14(7-9-15)19-11-5-10-16-13(2)3/h6-9,13,16H,4-5,10-12H2,1-3H3. The second kappa shape index (κ2) is 8.27. The fourth-order valence-electron chi connectivity index (χ4n) is 1.78. The van der Waals surface area contributed by atoms with Gasteiger partial charge in [-0.05, 0) is 43.7 Å². The average molecular weight is 299 g/mol. The summed E-state index contributed by atoms with van der Waals surface area (Å²) >= 11 is 0. The fraction of sp³-hybridized carbons (Fsp3) is 0.600. The summed E-state index contributed by atoms with van der Waals surface area (Å²) in [5, 5.41) is 3.32. The molecule has 20 heavy (non-hydrogen) atoms. The minimum absolute atomic E-state index is 0.189. The molecular formula is C15H25NO3S. The zero-order chi connectivity index (χ0) is 15.0. The third-order valence-electron chi connectivity index (χ3n) is 2.80. The van der Waals surface area contributed by atoms with Crippen molar-refractivity contribution in [3.8, 4) is 5.75 Å². The molecule has 0 aliphatic heterocycles. The van der Waals surface area contributed by atoms with Crippen molar-refractivity contribution >= 4 is 9.84 Å². The van der Waals surface area contributed by atoms with Gasteiger partial charge >= 0.3 is 0 Å². The van der Waals surface area contributed by atoms with Crippen LogP contribution in [0.15, 0.2) is 29.2 Å². The van der Waals surface area contributed by atoms with Crippen molar-refractivity contribution < 1.29 is 13.2 Å². The van der Waals surface area contributed by atoms with Crippen molar-refractivity contribution in [3.63, 3.8) is 0 Å². The van der Waals surface area contributed by atoms with E-state index in [1.54, 1.807) is 24.3 Å². The van der Waals surface area contributed by atoms with E-state index in [1.807, 2.05) is 6.92 Å². The van der Waals surface area contributed by atoms with Crippen LogP contribution in [0.1, 0.15) is 33.6 Å². The van der Waals surface area contributed by atoms with E-state index in [4.69, 9.17) is 4.74 Å². The quantitative estimate of drug-likeness (QED) is 0.712. The number of rotatable bonds is 9. The molecule has 0 radical (unpaired) electrons. The highest BCUT2D eigenvalue weighted by atomic mass is 32.2. The molecule has 1 rings (SSSR count). The lowest BCUT2D eigenvalue weighted by Crippen LogP contribution is -2.24. The smallest absolute Gasteiger partial charge is 0.178 e. The SMILES string of the molecule is CCCS(=O)(=O)c1ccc(OCCCNC(C)C)cc1. The van der Waals surface area contributed by atoms with Gasteiger partial charge in [-0.3, -0.25) is 0 Å². The Kier molecular flexibility index (Phi) is 7.02. The zero-order valence-electron chi connectivity index (χ0n) is 12.6. The van der Waals surface area contributed by atoms with Crippen LogP contribution in [0.3, 0.4) is 0 Å². The van der Waals surface area contributed by atoms with Crippen molar-refractivity contribution in [1.82, 2.24) is 5.32 Å². The number of nitrogens with one attached hydrogen (secondary N) is 1. The number of benzene rings is 1. The molecule has 0 fully saturated rings. The van der Waals surface area contributed by atoms with Gasteiger partial charge in [0, 0.05) is 6.04 Å². The number of hydrogen-bond acceptors (Lipinski definition) is 4. The van der Waals surface area contributed by atoms with Gasteiger partial charge in [0.25, 0.3) is 0 Å². The van der Waals surface area contributed by atoms with E-state index in [-0.39, 0.29) is 5.75 Å². The highest BCUT2D eigenvalue weighted by Crippen LogP contribution is 2.17. The molecule has 5 heteroatoms. The van der Waals surface area contributed by atoms with E-state index in [9.17, 15) is 8.42 Å². The van der Waals surface area contributed by atoms with E-state index in [0.29, 0.717) is 29.7 Å². The minimum Gasteiger partial charge on any atom is -0.494 e. The van der Waals surface area contributed by atoms with Gasteiger partial charge in [-0.25, -0.2) is 8.42 Å². The number of sulfone groups is 1. The Labute approximate surface area is 122 Å². The lowest BCUT2D eigenvalue weighted by molar-refractivity contribution is 0.306. The molecule has 0 saturated carbocycles. The Balaban J connectivity index is 2.43. The Bertz CT molecular complexity index is 480. The van der Waals surface area contributed by atoms with Gasteiger partial charge in [-0.15, -0.1) is 0 Å². The molecule has 1 aromatic carbocycles. The minimum atomic E-state index is -3.13. The third kappa shape index (κ3) is 5.92.